The van der Waals surface area contributed by atoms with E-state index >= 15 is 0 Å². The molecule has 0 aromatic carbocycles. The number of hydrogen-bond donors (Lipinski definition) is 1. The first kappa shape index (κ1) is 10.9. The first-order valence-electron chi connectivity index (χ1n) is 4.93. The lowest BCUT2D eigenvalue weighted by molar-refractivity contribution is 0.0429. The van der Waals surface area contributed by atoms with Crippen LogP contribution in [-0.4, -0.2) is 12.0 Å². The van der Waals surface area contributed by atoms with Crippen molar-refractivity contribution in [1.29, 1.82) is 0 Å². The molecule has 1 aliphatic rings. The van der Waals surface area contributed by atoms with Crippen LogP contribution in [0.2, 0.25) is 0 Å². The zero-order chi connectivity index (χ0) is 10.1. The number of hydrogen-bond acceptors (Lipinski definition) is 1. The number of alkyl halides is 2. The van der Waals surface area contributed by atoms with E-state index in [0.29, 0.717) is 12.8 Å². The Morgan fingerprint density at radius 2 is 1.69 bits per heavy atom. The highest BCUT2D eigenvalue weighted by Gasteiger charge is 2.39. The minimum atomic E-state index is -2.37. The van der Waals surface area contributed by atoms with E-state index in [0.717, 1.165) is 19.3 Å². The molecule has 78 valence electrons. The van der Waals surface area contributed by atoms with Crippen LogP contribution >= 0.6 is 0 Å². The molecule has 0 bridgehead atoms. The van der Waals surface area contributed by atoms with Crippen LogP contribution in [0.4, 0.5) is 8.78 Å². The van der Waals surface area contributed by atoms with E-state index in [4.69, 9.17) is 5.73 Å². The first-order chi connectivity index (χ1) is 5.86. The molecular weight excluding hydrogens is 172 g/mol. The van der Waals surface area contributed by atoms with Crippen molar-refractivity contribution in [3.05, 3.63) is 0 Å². The fraction of sp³-hybridized carbons (Fsp3) is 1.00. The Hall–Kier alpha value is -0.180. The van der Waals surface area contributed by atoms with Crippen LogP contribution in [0.1, 0.15) is 46.0 Å². The van der Waals surface area contributed by atoms with Gasteiger partial charge in [0.1, 0.15) is 0 Å². The summed E-state index contributed by atoms with van der Waals surface area (Å²) < 4.78 is 25.2. The van der Waals surface area contributed by atoms with E-state index < -0.39 is 12.0 Å². The molecule has 0 aromatic heterocycles. The summed E-state index contributed by atoms with van der Waals surface area (Å²) in [7, 11) is 0. The van der Waals surface area contributed by atoms with Gasteiger partial charge in [0, 0.05) is 0 Å². The molecule has 1 nitrogen and oxygen atoms in total. The Morgan fingerprint density at radius 3 is 2.23 bits per heavy atom. The quantitative estimate of drug-likeness (QED) is 0.633. The van der Waals surface area contributed by atoms with Crippen LogP contribution < -0.4 is 5.73 Å². The minimum Gasteiger partial charge on any atom is -0.320 e. The molecule has 0 saturated heterocycles. The lowest BCUT2D eigenvalue weighted by Gasteiger charge is -2.28. The van der Waals surface area contributed by atoms with E-state index in [-0.39, 0.29) is 5.41 Å². The van der Waals surface area contributed by atoms with Gasteiger partial charge < -0.3 is 5.73 Å². The molecule has 1 rings (SSSR count). The van der Waals surface area contributed by atoms with Crippen LogP contribution in [-0.2, 0) is 0 Å². The normalized spacial score (nSPS) is 34.6. The number of halogens is 2. The molecule has 1 atom stereocenters. The van der Waals surface area contributed by atoms with Crippen molar-refractivity contribution in [2.45, 2.75) is 57.9 Å². The van der Waals surface area contributed by atoms with E-state index in [1.54, 1.807) is 0 Å². The topological polar surface area (TPSA) is 26.0 Å². The molecule has 13 heavy (non-hydrogen) atoms. The Kier molecular flexibility index (Phi) is 2.95. The zero-order valence-electron chi connectivity index (χ0n) is 8.45. The predicted octanol–water partition coefficient (Wildman–Crippen LogP) is 2.94. The van der Waals surface area contributed by atoms with Gasteiger partial charge >= 0.3 is 0 Å². The summed E-state index contributed by atoms with van der Waals surface area (Å²) >= 11 is 0. The molecule has 0 heterocycles. The van der Waals surface area contributed by atoms with Crippen molar-refractivity contribution in [2.24, 2.45) is 11.1 Å². The Morgan fingerprint density at radius 1 is 1.08 bits per heavy atom. The van der Waals surface area contributed by atoms with E-state index in [1.165, 1.54) is 0 Å². The molecule has 0 aliphatic heterocycles. The fourth-order valence-electron chi connectivity index (χ4n) is 1.94. The van der Waals surface area contributed by atoms with Gasteiger partial charge in [-0.3, -0.25) is 0 Å². The molecule has 0 radical (unpaired) electrons. The highest BCUT2D eigenvalue weighted by atomic mass is 19.3. The molecule has 0 aromatic rings. The van der Waals surface area contributed by atoms with Gasteiger partial charge in [-0.05, 0) is 31.1 Å². The summed E-state index contributed by atoms with van der Waals surface area (Å²) in [6, 6.07) is 0. The number of nitrogens with two attached hydrogens (primary N) is 1. The second kappa shape index (κ2) is 3.52. The Balaban J connectivity index is 2.63. The number of rotatable bonds is 1. The van der Waals surface area contributed by atoms with Crippen molar-refractivity contribution in [1.82, 2.24) is 0 Å². The van der Waals surface area contributed by atoms with Crippen molar-refractivity contribution >= 4 is 0 Å². The summed E-state index contributed by atoms with van der Waals surface area (Å²) in [5.74, 6) is 0. The molecule has 2 N–H and O–H groups in total. The fourth-order valence-corrected chi connectivity index (χ4v) is 1.94. The van der Waals surface area contributed by atoms with Crippen molar-refractivity contribution < 1.29 is 8.78 Å². The van der Waals surface area contributed by atoms with Crippen molar-refractivity contribution in [3.8, 4) is 0 Å². The van der Waals surface area contributed by atoms with Crippen molar-refractivity contribution in [2.75, 3.05) is 0 Å². The maximum atomic E-state index is 12.6. The monoisotopic (exact) mass is 191 g/mol. The van der Waals surface area contributed by atoms with Crippen LogP contribution in [0.3, 0.4) is 0 Å². The lowest BCUT2D eigenvalue weighted by atomic mass is 9.84. The standard InChI is InChI=1S/C10H19F2N/c1-9(2)4-3-5-10(13,7-6-9)8(11)12/h8H,3-7,13H2,1-2H3. The van der Waals surface area contributed by atoms with Gasteiger partial charge in [0.05, 0.1) is 5.54 Å². The smallest absolute Gasteiger partial charge is 0.256 e. The van der Waals surface area contributed by atoms with Gasteiger partial charge in [-0.1, -0.05) is 20.3 Å². The highest BCUT2D eigenvalue weighted by Crippen LogP contribution is 2.39. The summed E-state index contributed by atoms with van der Waals surface area (Å²) in [5.41, 5.74) is 4.65. The van der Waals surface area contributed by atoms with E-state index in [9.17, 15) is 8.78 Å². The average molecular weight is 191 g/mol. The Labute approximate surface area is 78.7 Å². The largest absolute Gasteiger partial charge is 0.320 e. The molecule has 1 fully saturated rings. The molecule has 1 aliphatic carbocycles. The van der Waals surface area contributed by atoms with E-state index in [2.05, 4.69) is 13.8 Å². The average Bonchev–Trinajstić information content (AvgIpc) is 2.12. The van der Waals surface area contributed by atoms with Crippen LogP contribution in [0.15, 0.2) is 0 Å². The molecule has 0 spiro atoms. The first-order valence-corrected chi connectivity index (χ1v) is 4.93. The molecule has 0 amide bonds. The second-order valence-electron chi connectivity index (χ2n) is 5.05. The van der Waals surface area contributed by atoms with Gasteiger partial charge in [-0.15, -0.1) is 0 Å². The van der Waals surface area contributed by atoms with Gasteiger partial charge in [0.25, 0.3) is 6.43 Å². The van der Waals surface area contributed by atoms with Gasteiger partial charge in [-0.2, -0.15) is 0 Å². The summed E-state index contributed by atoms with van der Waals surface area (Å²) in [6.45, 7) is 4.26. The summed E-state index contributed by atoms with van der Waals surface area (Å²) in [5, 5.41) is 0. The molecule has 1 saturated carbocycles. The second-order valence-corrected chi connectivity index (χ2v) is 5.05. The molecular formula is C10H19F2N. The lowest BCUT2D eigenvalue weighted by Crippen LogP contribution is -2.46. The van der Waals surface area contributed by atoms with Crippen molar-refractivity contribution in [3.63, 3.8) is 0 Å². The van der Waals surface area contributed by atoms with Gasteiger partial charge in [0.15, 0.2) is 0 Å². The summed E-state index contributed by atoms with van der Waals surface area (Å²) in [6.07, 6.45) is 1.20. The third-order valence-corrected chi connectivity index (χ3v) is 3.20. The third-order valence-electron chi connectivity index (χ3n) is 3.20. The minimum absolute atomic E-state index is 0.190. The third kappa shape index (κ3) is 2.63. The van der Waals surface area contributed by atoms with Crippen LogP contribution in [0, 0.1) is 5.41 Å². The SMILES string of the molecule is CC1(C)CCCC(N)(C(F)F)CC1. The maximum Gasteiger partial charge on any atom is 0.256 e. The van der Waals surface area contributed by atoms with Gasteiger partial charge in [0.2, 0.25) is 0 Å². The van der Waals surface area contributed by atoms with Gasteiger partial charge in [-0.25, -0.2) is 8.78 Å². The van der Waals surface area contributed by atoms with E-state index in [1.807, 2.05) is 0 Å². The zero-order valence-corrected chi connectivity index (χ0v) is 8.45. The summed E-state index contributed by atoms with van der Waals surface area (Å²) in [4.78, 5) is 0. The molecule has 1 unspecified atom stereocenters. The highest BCUT2D eigenvalue weighted by molar-refractivity contribution is 4.92. The van der Waals surface area contributed by atoms with Crippen LogP contribution in [0.25, 0.3) is 0 Å². The van der Waals surface area contributed by atoms with Crippen LogP contribution in [0.5, 0.6) is 0 Å². The Bertz CT molecular complexity index is 180. The molecule has 3 heteroatoms. The predicted molar refractivity (Wildman–Crippen MR) is 49.8 cm³/mol. The maximum absolute atomic E-state index is 12.6.